The van der Waals surface area contributed by atoms with E-state index >= 15 is 0 Å². The number of halogens is 2. The molecule has 0 spiro atoms. The topological polar surface area (TPSA) is 36.4 Å². The molecule has 0 atom stereocenters. The average molecular weight is 363 g/mol. The molecule has 2 N–H and O–H groups in total. The Kier molecular flexibility index (Phi) is 9.26. The summed E-state index contributed by atoms with van der Waals surface area (Å²) in [5.74, 6) is 0.539. The zero-order chi connectivity index (χ0) is 12.5. The molecule has 1 aromatic rings. The van der Waals surface area contributed by atoms with Crippen LogP contribution in [0.2, 0.25) is 0 Å². The number of nitrogens with zero attached hydrogens (tertiary/aromatic N) is 1. The van der Waals surface area contributed by atoms with E-state index in [1.165, 1.54) is 12.1 Å². The first-order valence-corrected chi connectivity index (χ1v) is 5.56. The Morgan fingerprint density at radius 2 is 2.00 bits per heavy atom. The third-order valence-electron chi connectivity index (χ3n) is 2.26. The Bertz CT molecular complexity index is 376. The maximum atomic E-state index is 12.7. The fourth-order valence-electron chi connectivity index (χ4n) is 1.37. The van der Waals surface area contributed by atoms with Crippen molar-refractivity contribution in [2.24, 2.45) is 4.99 Å². The molecule has 0 aliphatic rings. The van der Waals surface area contributed by atoms with E-state index in [9.17, 15) is 4.39 Å². The average Bonchev–Trinajstić information content (AvgIpc) is 2.36. The molecular formula is C13H19FIN3. The molecule has 0 bridgehead atoms. The van der Waals surface area contributed by atoms with Crippen LogP contribution in [0, 0.1) is 5.82 Å². The molecule has 0 heterocycles. The smallest absolute Gasteiger partial charge is 0.191 e. The zero-order valence-corrected chi connectivity index (χ0v) is 12.8. The van der Waals surface area contributed by atoms with Crippen molar-refractivity contribution < 1.29 is 4.39 Å². The summed E-state index contributed by atoms with van der Waals surface area (Å²) in [7, 11) is 1.72. The maximum absolute atomic E-state index is 12.7. The largest absolute Gasteiger partial charge is 0.356 e. The SMILES string of the molecule is C=CCNC(=NC)NCCc1ccc(F)cc1.I. The van der Waals surface area contributed by atoms with E-state index in [1.54, 1.807) is 25.3 Å². The van der Waals surface area contributed by atoms with E-state index in [0.29, 0.717) is 6.54 Å². The number of benzene rings is 1. The van der Waals surface area contributed by atoms with Gasteiger partial charge in [0.1, 0.15) is 5.82 Å². The number of aliphatic imine (C=N–C) groups is 1. The summed E-state index contributed by atoms with van der Waals surface area (Å²) in [5, 5.41) is 6.24. The quantitative estimate of drug-likeness (QED) is 0.365. The van der Waals surface area contributed by atoms with Gasteiger partial charge in [0.15, 0.2) is 5.96 Å². The van der Waals surface area contributed by atoms with Crippen molar-refractivity contribution in [3.63, 3.8) is 0 Å². The maximum Gasteiger partial charge on any atom is 0.191 e. The van der Waals surface area contributed by atoms with E-state index in [1.807, 2.05) is 0 Å². The highest BCUT2D eigenvalue weighted by molar-refractivity contribution is 14.0. The number of rotatable bonds is 5. The van der Waals surface area contributed by atoms with Crippen LogP contribution in [0.4, 0.5) is 4.39 Å². The van der Waals surface area contributed by atoms with Crippen LogP contribution in [0.1, 0.15) is 5.56 Å². The minimum absolute atomic E-state index is 0. The highest BCUT2D eigenvalue weighted by atomic mass is 127. The van der Waals surface area contributed by atoms with Gasteiger partial charge in [0.25, 0.3) is 0 Å². The molecule has 0 aliphatic carbocycles. The highest BCUT2D eigenvalue weighted by Gasteiger charge is 1.96. The van der Waals surface area contributed by atoms with E-state index in [0.717, 1.165) is 24.5 Å². The van der Waals surface area contributed by atoms with Crippen molar-refractivity contribution in [1.82, 2.24) is 10.6 Å². The summed E-state index contributed by atoms with van der Waals surface area (Å²) >= 11 is 0. The highest BCUT2D eigenvalue weighted by Crippen LogP contribution is 2.02. The number of hydrogen-bond donors (Lipinski definition) is 2. The van der Waals surface area contributed by atoms with Crippen LogP contribution < -0.4 is 10.6 Å². The lowest BCUT2D eigenvalue weighted by Crippen LogP contribution is -2.38. The first kappa shape index (κ1) is 16.9. The van der Waals surface area contributed by atoms with Gasteiger partial charge in [-0.05, 0) is 24.1 Å². The molecule has 0 saturated heterocycles. The standard InChI is InChI=1S/C13H18FN3.HI/c1-3-9-16-13(15-2)17-10-8-11-4-6-12(14)7-5-11;/h3-7H,1,8-10H2,2H3,(H2,15,16,17);1H. The molecule has 0 radical (unpaired) electrons. The van der Waals surface area contributed by atoms with Crippen LogP contribution in [0.5, 0.6) is 0 Å². The Labute approximate surface area is 125 Å². The normalized spacial score (nSPS) is 10.4. The number of guanidine groups is 1. The second kappa shape index (κ2) is 9.87. The van der Waals surface area contributed by atoms with Crippen molar-refractivity contribution in [1.29, 1.82) is 0 Å². The lowest BCUT2D eigenvalue weighted by Gasteiger charge is -2.10. The molecule has 0 aromatic heterocycles. The molecule has 100 valence electrons. The lowest BCUT2D eigenvalue weighted by molar-refractivity contribution is 0.627. The van der Waals surface area contributed by atoms with Gasteiger partial charge in [-0.1, -0.05) is 18.2 Å². The van der Waals surface area contributed by atoms with Gasteiger partial charge >= 0.3 is 0 Å². The van der Waals surface area contributed by atoms with Gasteiger partial charge in [0, 0.05) is 20.1 Å². The molecule has 0 aliphatic heterocycles. The van der Waals surface area contributed by atoms with Crippen molar-refractivity contribution >= 4 is 29.9 Å². The molecule has 0 amide bonds. The summed E-state index contributed by atoms with van der Waals surface area (Å²) in [5.41, 5.74) is 1.10. The van der Waals surface area contributed by atoms with Gasteiger partial charge in [-0.25, -0.2) is 4.39 Å². The second-order valence-electron chi connectivity index (χ2n) is 3.55. The Balaban J connectivity index is 0.00000289. The van der Waals surface area contributed by atoms with E-state index in [2.05, 4.69) is 22.2 Å². The van der Waals surface area contributed by atoms with Gasteiger partial charge < -0.3 is 10.6 Å². The van der Waals surface area contributed by atoms with Crippen LogP contribution in [0.15, 0.2) is 41.9 Å². The summed E-state index contributed by atoms with van der Waals surface area (Å²) in [4.78, 5) is 4.06. The molecular weight excluding hydrogens is 344 g/mol. The summed E-state index contributed by atoms with van der Waals surface area (Å²) < 4.78 is 12.7. The van der Waals surface area contributed by atoms with E-state index < -0.39 is 0 Å². The molecule has 18 heavy (non-hydrogen) atoms. The van der Waals surface area contributed by atoms with E-state index in [-0.39, 0.29) is 29.8 Å². The van der Waals surface area contributed by atoms with Crippen LogP contribution in [-0.4, -0.2) is 26.1 Å². The van der Waals surface area contributed by atoms with Crippen molar-refractivity contribution in [3.8, 4) is 0 Å². The summed E-state index contributed by atoms with van der Waals surface area (Å²) in [6.07, 6.45) is 2.60. The third kappa shape index (κ3) is 6.58. The monoisotopic (exact) mass is 363 g/mol. The van der Waals surface area contributed by atoms with Gasteiger partial charge in [-0.3, -0.25) is 4.99 Å². The molecule has 0 saturated carbocycles. The molecule has 1 rings (SSSR count). The molecule has 3 nitrogen and oxygen atoms in total. The molecule has 1 aromatic carbocycles. The Hall–Kier alpha value is -1.11. The predicted octanol–water partition coefficient (Wildman–Crippen LogP) is 2.34. The summed E-state index contributed by atoms with van der Waals surface area (Å²) in [6, 6.07) is 6.52. The van der Waals surface area contributed by atoms with E-state index in [4.69, 9.17) is 0 Å². The lowest BCUT2D eigenvalue weighted by atomic mass is 10.1. The van der Waals surface area contributed by atoms with Gasteiger partial charge in [0.2, 0.25) is 0 Å². The van der Waals surface area contributed by atoms with Crippen molar-refractivity contribution in [2.45, 2.75) is 6.42 Å². The van der Waals surface area contributed by atoms with Crippen LogP contribution >= 0.6 is 24.0 Å². The Morgan fingerprint density at radius 3 is 2.56 bits per heavy atom. The van der Waals surface area contributed by atoms with Gasteiger partial charge in [-0.15, -0.1) is 30.6 Å². The predicted molar refractivity (Wildman–Crippen MR) is 85.1 cm³/mol. The first-order chi connectivity index (χ1) is 8.26. The number of hydrogen-bond acceptors (Lipinski definition) is 1. The van der Waals surface area contributed by atoms with Crippen LogP contribution in [0.3, 0.4) is 0 Å². The van der Waals surface area contributed by atoms with Crippen LogP contribution in [0.25, 0.3) is 0 Å². The minimum Gasteiger partial charge on any atom is -0.356 e. The van der Waals surface area contributed by atoms with Gasteiger partial charge in [0.05, 0.1) is 0 Å². The summed E-state index contributed by atoms with van der Waals surface area (Å²) in [6.45, 7) is 5.05. The third-order valence-corrected chi connectivity index (χ3v) is 2.26. The fourth-order valence-corrected chi connectivity index (χ4v) is 1.37. The Morgan fingerprint density at radius 1 is 1.33 bits per heavy atom. The number of nitrogens with one attached hydrogen (secondary N) is 2. The zero-order valence-electron chi connectivity index (χ0n) is 10.4. The molecule has 0 fully saturated rings. The van der Waals surface area contributed by atoms with Crippen LogP contribution in [-0.2, 0) is 6.42 Å². The molecule has 0 unspecified atom stereocenters. The minimum atomic E-state index is -0.204. The van der Waals surface area contributed by atoms with Crippen molar-refractivity contribution in [2.75, 3.05) is 20.1 Å². The van der Waals surface area contributed by atoms with Crippen molar-refractivity contribution in [3.05, 3.63) is 48.3 Å². The second-order valence-corrected chi connectivity index (χ2v) is 3.55. The first-order valence-electron chi connectivity index (χ1n) is 5.56. The van der Waals surface area contributed by atoms with Gasteiger partial charge in [-0.2, -0.15) is 0 Å². The fraction of sp³-hybridized carbons (Fsp3) is 0.308. The molecule has 5 heteroatoms.